The molecule has 9 heteroatoms. The fourth-order valence-corrected chi connectivity index (χ4v) is 5.26. The quantitative estimate of drug-likeness (QED) is 0.534. The van der Waals surface area contributed by atoms with Crippen LogP contribution in [-0.4, -0.2) is 58.6 Å². The number of hydrogen-bond acceptors (Lipinski definition) is 6. The average molecular weight is 492 g/mol. The zero-order valence-corrected chi connectivity index (χ0v) is 20.0. The van der Waals surface area contributed by atoms with Crippen LogP contribution in [0.3, 0.4) is 0 Å². The van der Waals surface area contributed by atoms with E-state index in [2.05, 4.69) is 5.32 Å². The first kappa shape index (κ1) is 24.0. The van der Waals surface area contributed by atoms with Crippen molar-refractivity contribution in [1.29, 1.82) is 0 Å². The molecule has 2 aromatic rings. The maximum Gasteiger partial charge on any atom is 0.269 e. The van der Waals surface area contributed by atoms with Crippen LogP contribution in [0.15, 0.2) is 54.6 Å². The number of anilines is 3. The largest absolute Gasteiger partial charge is 0.482 e. The Labute approximate surface area is 209 Å². The highest BCUT2D eigenvalue weighted by Gasteiger charge is 2.49. The second-order valence-corrected chi connectivity index (χ2v) is 9.42. The molecule has 0 spiro atoms. The van der Waals surface area contributed by atoms with Crippen LogP contribution in [0.4, 0.5) is 17.1 Å². The monoisotopic (exact) mass is 491 g/mol. The third-order valence-corrected chi connectivity index (χ3v) is 7.26. The number of rotatable bonds is 6. The maximum absolute atomic E-state index is 12.9. The molecule has 3 heterocycles. The van der Waals surface area contributed by atoms with Crippen molar-refractivity contribution in [2.75, 3.05) is 30.0 Å². The summed E-state index contributed by atoms with van der Waals surface area (Å²) in [5.74, 6) is -0.994. The zero-order chi connectivity index (χ0) is 25.4. The molecule has 5 rings (SSSR count). The number of nitrogens with one attached hydrogen (secondary N) is 1. The van der Waals surface area contributed by atoms with Crippen LogP contribution < -0.4 is 15.0 Å². The summed E-state index contributed by atoms with van der Waals surface area (Å²) >= 11 is 0. The molecule has 0 bridgehead atoms. The van der Waals surface area contributed by atoms with Gasteiger partial charge in [-0.3, -0.25) is 19.3 Å². The van der Waals surface area contributed by atoms with E-state index < -0.39 is 17.4 Å². The summed E-state index contributed by atoms with van der Waals surface area (Å²) in [6.07, 6.45) is 5.10. The smallest absolute Gasteiger partial charge is 0.269 e. The normalized spacial score (nSPS) is 23.9. The lowest BCUT2D eigenvalue weighted by Crippen LogP contribution is -2.40. The lowest BCUT2D eigenvalue weighted by atomic mass is 9.82. The lowest BCUT2D eigenvalue weighted by molar-refractivity contribution is -0.137. The molecule has 3 aliphatic rings. The number of hydrogen-bond donors (Lipinski definition) is 3. The van der Waals surface area contributed by atoms with Crippen molar-refractivity contribution in [2.45, 2.75) is 37.8 Å². The van der Waals surface area contributed by atoms with Gasteiger partial charge >= 0.3 is 0 Å². The number of likely N-dealkylation sites (tertiary alicyclic amines) is 1. The van der Waals surface area contributed by atoms with Gasteiger partial charge in [0.25, 0.3) is 11.8 Å². The van der Waals surface area contributed by atoms with Crippen molar-refractivity contribution in [3.05, 3.63) is 60.2 Å². The summed E-state index contributed by atoms with van der Waals surface area (Å²) < 4.78 is 5.53. The Morgan fingerprint density at radius 1 is 1.28 bits per heavy atom. The molecule has 9 nitrogen and oxygen atoms in total. The Hall–Kier alpha value is -3.69. The maximum atomic E-state index is 12.9. The van der Waals surface area contributed by atoms with Crippen LogP contribution in [0.1, 0.15) is 31.7 Å². The van der Waals surface area contributed by atoms with Gasteiger partial charge in [0.15, 0.2) is 12.2 Å². The van der Waals surface area contributed by atoms with Crippen molar-refractivity contribution < 1.29 is 29.3 Å². The number of benzene rings is 2. The standard InChI is InChI=1S/C27H29N3O6/c1-17(6-4-10-24(32)29-13-5-7-19(29)15-31)27(35)20-14-18(11-12-21(20)28-26(27)34)30-22-8-2-3-9-23(22)36-16-25(30)33/h2-4,6,8-9,11-12,14,17,19,31,35H,5,7,10,13,15-16H2,1H3,(H,28,34)/b6-4+/t17-,19-,27+/m0/s1. The van der Waals surface area contributed by atoms with Crippen LogP contribution in [0, 0.1) is 5.92 Å². The third-order valence-electron chi connectivity index (χ3n) is 7.26. The molecule has 0 radical (unpaired) electrons. The van der Waals surface area contributed by atoms with Crippen molar-refractivity contribution in [1.82, 2.24) is 4.90 Å². The van der Waals surface area contributed by atoms with Crippen LogP contribution in [-0.2, 0) is 20.0 Å². The second-order valence-electron chi connectivity index (χ2n) is 9.42. The molecule has 0 unspecified atom stereocenters. The van der Waals surface area contributed by atoms with Gasteiger partial charge in [-0.15, -0.1) is 0 Å². The van der Waals surface area contributed by atoms with Gasteiger partial charge in [-0.2, -0.15) is 0 Å². The summed E-state index contributed by atoms with van der Waals surface area (Å²) in [6.45, 7) is 2.17. The summed E-state index contributed by atoms with van der Waals surface area (Å²) in [5, 5.41) is 23.8. The van der Waals surface area contributed by atoms with Crippen LogP contribution >= 0.6 is 0 Å². The number of para-hydroxylation sites is 2. The second kappa shape index (κ2) is 9.40. The molecule has 188 valence electrons. The first-order valence-corrected chi connectivity index (χ1v) is 12.1. The van der Waals surface area contributed by atoms with E-state index in [0.717, 1.165) is 12.8 Å². The van der Waals surface area contributed by atoms with E-state index in [0.29, 0.717) is 34.9 Å². The van der Waals surface area contributed by atoms with Gasteiger partial charge in [-0.05, 0) is 43.2 Å². The third kappa shape index (κ3) is 3.94. The summed E-state index contributed by atoms with van der Waals surface area (Å²) in [6, 6.07) is 12.1. The van der Waals surface area contributed by atoms with Gasteiger partial charge in [0.1, 0.15) is 5.75 Å². The number of carbonyl (C=O) groups is 3. The van der Waals surface area contributed by atoms with Crippen molar-refractivity contribution in [3.8, 4) is 5.75 Å². The minimum atomic E-state index is -1.87. The average Bonchev–Trinajstić information content (AvgIpc) is 3.46. The van der Waals surface area contributed by atoms with E-state index >= 15 is 0 Å². The lowest BCUT2D eigenvalue weighted by Gasteiger charge is -2.31. The number of aliphatic hydroxyl groups excluding tert-OH is 1. The summed E-state index contributed by atoms with van der Waals surface area (Å²) in [4.78, 5) is 41.5. The highest BCUT2D eigenvalue weighted by Crippen LogP contribution is 2.45. The first-order chi connectivity index (χ1) is 17.3. The Kier molecular flexibility index (Phi) is 6.27. The highest BCUT2D eigenvalue weighted by molar-refractivity contribution is 6.08. The molecule has 2 aromatic carbocycles. The SMILES string of the molecule is C[C@@H](/C=C/CC(=O)N1CCC[C@H]1CO)[C@]1(O)C(=O)Nc2ccc(N3C(=O)COc4ccccc43)cc21. The van der Waals surface area contributed by atoms with Gasteiger partial charge in [0, 0.05) is 35.8 Å². The minimum absolute atomic E-state index is 0.0545. The molecule has 3 amide bonds. The molecule has 0 aliphatic carbocycles. The Balaban J connectivity index is 1.40. The van der Waals surface area contributed by atoms with Crippen molar-refractivity contribution in [3.63, 3.8) is 0 Å². The predicted molar refractivity (Wildman–Crippen MR) is 133 cm³/mol. The summed E-state index contributed by atoms with van der Waals surface area (Å²) in [5.41, 5.74) is 0.0644. The predicted octanol–water partition coefficient (Wildman–Crippen LogP) is 2.45. The number of ether oxygens (including phenoxy) is 1. The van der Waals surface area contributed by atoms with Gasteiger partial charge in [0.05, 0.1) is 18.3 Å². The number of amides is 3. The topological polar surface area (TPSA) is 119 Å². The minimum Gasteiger partial charge on any atom is -0.482 e. The number of fused-ring (bicyclic) bond motifs is 2. The zero-order valence-electron chi connectivity index (χ0n) is 20.0. The van der Waals surface area contributed by atoms with E-state index in [-0.39, 0.29) is 37.5 Å². The van der Waals surface area contributed by atoms with Gasteiger partial charge in [-0.25, -0.2) is 0 Å². The van der Waals surface area contributed by atoms with Gasteiger partial charge < -0.3 is 25.2 Å². The molecule has 3 aliphatic heterocycles. The molecule has 36 heavy (non-hydrogen) atoms. The van der Waals surface area contributed by atoms with Gasteiger partial charge in [-0.1, -0.05) is 31.2 Å². The fourth-order valence-electron chi connectivity index (χ4n) is 5.26. The van der Waals surface area contributed by atoms with E-state index in [9.17, 15) is 24.6 Å². The van der Waals surface area contributed by atoms with Crippen molar-refractivity contribution in [2.24, 2.45) is 5.92 Å². The van der Waals surface area contributed by atoms with E-state index in [1.807, 2.05) is 12.1 Å². The Morgan fingerprint density at radius 3 is 2.89 bits per heavy atom. The number of carbonyl (C=O) groups excluding carboxylic acids is 3. The molecule has 1 fully saturated rings. The van der Waals surface area contributed by atoms with E-state index in [1.165, 1.54) is 4.90 Å². The molecule has 3 atom stereocenters. The Bertz CT molecular complexity index is 1240. The van der Waals surface area contributed by atoms with Gasteiger partial charge in [0.2, 0.25) is 5.91 Å². The molecule has 0 saturated carbocycles. The van der Waals surface area contributed by atoms with Crippen LogP contribution in [0.5, 0.6) is 5.75 Å². The molecular weight excluding hydrogens is 462 g/mol. The summed E-state index contributed by atoms with van der Waals surface area (Å²) in [7, 11) is 0. The number of nitrogens with zero attached hydrogens (tertiary/aromatic N) is 2. The highest BCUT2D eigenvalue weighted by atomic mass is 16.5. The fraction of sp³-hybridized carbons (Fsp3) is 0.370. The van der Waals surface area contributed by atoms with Crippen LogP contribution in [0.2, 0.25) is 0 Å². The molecule has 1 saturated heterocycles. The molecule has 3 N–H and O–H groups in total. The van der Waals surface area contributed by atoms with Crippen molar-refractivity contribution >= 4 is 34.8 Å². The van der Waals surface area contributed by atoms with Crippen LogP contribution in [0.25, 0.3) is 0 Å². The van der Waals surface area contributed by atoms with E-state index in [4.69, 9.17) is 4.74 Å². The molecule has 0 aromatic heterocycles. The number of aliphatic hydroxyl groups is 2. The Morgan fingerprint density at radius 2 is 2.08 bits per heavy atom. The van der Waals surface area contributed by atoms with E-state index in [1.54, 1.807) is 54.3 Å². The molecular formula is C27H29N3O6. The first-order valence-electron chi connectivity index (χ1n) is 12.1.